The van der Waals surface area contributed by atoms with Gasteiger partial charge in [0.2, 0.25) is 0 Å². The highest BCUT2D eigenvalue weighted by Crippen LogP contribution is 2.40. The number of fused-ring (bicyclic) bond motifs is 3. The van der Waals surface area contributed by atoms with Gasteiger partial charge in [-0.15, -0.1) is 0 Å². The van der Waals surface area contributed by atoms with Crippen molar-refractivity contribution < 1.29 is 22.0 Å². The number of hydrogen-bond acceptors (Lipinski definition) is 4. The SMILES string of the molecule is Cc1cc(F)ccc1S(=O)(=O)Nc1ccc2oc3c(c2c1)C(=O)CC(C)(C)C3. The van der Waals surface area contributed by atoms with E-state index in [9.17, 15) is 17.6 Å². The molecule has 1 N–H and O–H groups in total. The molecule has 0 amide bonds. The first-order valence-electron chi connectivity index (χ1n) is 8.93. The van der Waals surface area contributed by atoms with E-state index in [1.807, 2.05) is 13.8 Å². The van der Waals surface area contributed by atoms with Gasteiger partial charge in [-0.05, 0) is 54.3 Å². The Balaban J connectivity index is 1.75. The molecule has 1 heterocycles. The first-order chi connectivity index (χ1) is 13.1. The molecule has 0 bridgehead atoms. The van der Waals surface area contributed by atoms with Crippen molar-refractivity contribution in [1.82, 2.24) is 0 Å². The fourth-order valence-electron chi connectivity index (χ4n) is 3.79. The normalized spacial score (nSPS) is 16.2. The fourth-order valence-corrected chi connectivity index (χ4v) is 5.06. The zero-order chi connectivity index (χ0) is 20.3. The molecule has 0 unspecified atom stereocenters. The number of furan rings is 1. The lowest BCUT2D eigenvalue weighted by molar-refractivity contribution is 0.0906. The van der Waals surface area contributed by atoms with Crippen LogP contribution in [0.3, 0.4) is 0 Å². The zero-order valence-corrected chi connectivity index (χ0v) is 16.6. The Morgan fingerprint density at radius 1 is 1.11 bits per heavy atom. The molecule has 1 aliphatic carbocycles. The van der Waals surface area contributed by atoms with Crippen molar-refractivity contribution in [2.24, 2.45) is 5.41 Å². The van der Waals surface area contributed by atoms with Gasteiger partial charge in [-0.2, -0.15) is 0 Å². The molecule has 0 radical (unpaired) electrons. The quantitative estimate of drug-likeness (QED) is 0.682. The molecule has 4 rings (SSSR count). The Hall–Kier alpha value is -2.67. The number of rotatable bonds is 3. The Kier molecular flexibility index (Phi) is 4.12. The molecule has 0 saturated carbocycles. The number of halogens is 1. The second-order valence-corrected chi connectivity index (χ2v) is 9.72. The van der Waals surface area contributed by atoms with Gasteiger partial charge in [-0.1, -0.05) is 13.8 Å². The highest BCUT2D eigenvalue weighted by Gasteiger charge is 2.35. The van der Waals surface area contributed by atoms with Crippen LogP contribution in [0.1, 0.15) is 41.9 Å². The molecule has 2 aromatic carbocycles. The number of anilines is 1. The largest absolute Gasteiger partial charge is 0.460 e. The Labute approximate surface area is 162 Å². The molecule has 0 spiro atoms. The molecule has 28 heavy (non-hydrogen) atoms. The van der Waals surface area contributed by atoms with Crippen LogP contribution in [0, 0.1) is 18.2 Å². The topological polar surface area (TPSA) is 76.4 Å². The van der Waals surface area contributed by atoms with Crippen LogP contribution in [-0.4, -0.2) is 14.2 Å². The molecule has 3 aromatic rings. The van der Waals surface area contributed by atoms with Gasteiger partial charge in [-0.25, -0.2) is 12.8 Å². The Bertz CT molecular complexity index is 1220. The summed E-state index contributed by atoms with van der Waals surface area (Å²) in [7, 11) is -3.90. The minimum Gasteiger partial charge on any atom is -0.460 e. The minimum absolute atomic E-state index is 0.000568. The maximum Gasteiger partial charge on any atom is 0.262 e. The van der Waals surface area contributed by atoms with Crippen molar-refractivity contribution in [3.63, 3.8) is 0 Å². The number of benzene rings is 2. The van der Waals surface area contributed by atoms with Crippen molar-refractivity contribution in [1.29, 1.82) is 0 Å². The first kappa shape index (κ1) is 18.7. The van der Waals surface area contributed by atoms with Crippen LogP contribution in [0.15, 0.2) is 45.7 Å². The van der Waals surface area contributed by atoms with Crippen molar-refractivity contribution in [2.75, 3.05) is 4.72 Å². The summed E-state index contributed by atoms with van der Waals surface area (Å²) >= 11 is 0. The van der Waals surface area contributed by atoms with Crippen LogP contribution in [-0.2, 0) is 16.4 Å². The lowest BCUT2D eigenvalue weighted by atomic mass is 9.76. The van der Waals surface area contributed by atoms with Crippen molar-refractivity contribution in [3.05, 3.63) is 59.1 Å². The van der Waals surface area contributed by atoms with Crippen LogP contribution in [0.5, 0.6) is 0 Å². The van der Waals surface area contributed by atoms with Crippen molar-refractivity contribution in [3.8, 4) is 0 Å². The highest BCUT2D eigenvalue weighted by atomic mass is 32.2. The maximum atomic E-state index is 13.3. The predicted octanol–water partition coefficient (Wildman–Crippen LogP) is 4.84. The third-order valence-electron chi connectivity index (χ3n) is 5.00. The van der Waals surface area contributed by atoms with E-state index in [4.69, 9.17) is 4.42 Å². The molecule has 1 aromatic heterocycles. The van der Waals surface area contributed by atoms with Crippen molar-refractivity contribution >= 4 is 32.5 Å². The second-order valence-electron chi connectivity index (χ2n) is 8.07. The van der Waals surface area contributed by atoms with Gasteiger partial charge in [0.25, 0.3) is 10.0 Å². The van der Waals surface area contributed by atoms with Crippen LogP contribution >= 0.6 is 0 Å². The van der Waals surface area contributed by atoms with E-state index in [1.54, 1.807) is 18.2 Å². The van der Waals surface area contributed by atoms with E-state index in [0.29, 0.717) is 46.4 Å². The van der Waals surface area contributed by atoms with Gasteiger partial charge in [-0.3, -0.25) is 9.52 Å². The Morgan fingerprint density at radius 3 is 2.57 bits per heavy atom. The molecule has 0 fully saturated rings. The lowest BCUT2D eigenvalue weighted by Gasteiger charge is -2.27. The van der Waals surface area contributed by atoms with E-state index in [1.165, 1.54) is 19.1 Å². The minimum atomic E-state index is -3.90. The second kappa shape index (κ2) is 6.17. The number of nitrogens with one attached hydrogen (secondary N) is 1. The van der Waals surface area contributed by atoms with Crippen molar-refractivity contribution in [2.45, 2.75) is 38.5 Å². The number of Topliss-reactive ketones (excluding diaryl/α,β-unsaturated/α-hetero) is 1. The molecular weight excluding hydrogens is 381 g/mol. The van der Waals surface area contributed by atoms with Crippen LogP contribution in [0.4, 0.5) is 10.1 Å². The summed E-state index contributed by atoms with van der Waals surface area (Å²) < 4.78 is 47.1. The Morgan fingerprint density at radius 2 is 1.86 bits per heavy atom. The molecular formula is C21H20FNO4S. The predicted molar refractivity (Wildman–Crippen MR) is 105 cm³/mol. The molecule has 0 atom stereocenters. The smallest absolute Gasteiger partial charge is 0.262 e. The van der Waals surface area contributed by atoms with E-state index in [2.05, 4.69) is 4.72 Å². The van der Waals surface area contributed by atoms with Crippen LogP contribution in [0.25, 0.3) is 11.0 Å². The molecule has 0 aliphatic heterocycles. The summed E-state index contributed by atoms with van der Waals surface area (Å²) in [4.78, 5) is 12.6. The summed E-state index contributed by atoms with van der Waals surface area (Å²) in [6, 6.07) is 8.37. The van der Waals surface area contributed by atoms with Gasteiger partial charge in [0.15, 0.2) is 5.78 Å². The number of carbonyl (C=O) groups is 1. The monoisotopic (exact) mass is 401 g/mol. The molecule has 5 nitrogen and oxygen atoms in total. The maximum absolute atomic E-state index is 13.3. The number of carbonyl (C=O) groups excluding carboxylic acids is 1. The number of aryl methyl sites for hydroxylation is 1. The van der Waals surface area contributed by atoms with Gasteiger partial charge in [0, 0.05) is 23.9 Å². The standard InChI is InChI=1S/C21H20FNO4S/c1-12-8-13(22)4-7-19(12)28(25,26)23-14-5-6-17-15(9-14)20-16(24)10-21(2,3)11-18(20)27-17/h4-9,23H,10-11H2,1-3H3. The average molecular weight is 401 g/mol. The molecule has 7 heteroatoms. The lowest BCUT2D eigenvalue weighted by Crippen LogP contribution is -2.25. The van der Waals surface area contributed by atoms with E-state index in [-0.39, 0.29) is 16.1 Å². The van der Waals surface area contributed by atoms with E-state index < -0.39 is 15.8 Å². The average Bonchev–Trinajstić information content (AvgIpc) is 2.90. The van der Waals surface area contributed by atoms with Gasteiger partial charge in [0.1, 0.15) is 17.2 Å². The van der Waals surface area contributed by atoms with E-state index in [0.717, 1.165) is 6.07 Å². The zero-order valence-electron chi connectivity index (χ0n) is 15.8. The summed E-state index contributed by atoms with van der Waals surface area (Å²) in [5.41, 5.74) is 1.55. The molecule has 1 aliphatic rings. The van der Waals surface area contributed by atoms with E-state index >= 15 is 0 Å². The molecule has 0 saturated heterocycles. The number of ketones is 1. The van der Waals surface area contributed by atoms with Gasteiger partial charge < -0.3 is 4.42 Å². The van der Waals surface area contributed by atoms with Crippen LogP contribution in [0.2, 0.25) is 0 Å². The third-order valence-corrected chi connectivity index (χ3v) is 6.54. The fraction of sp³-hybridized carbons (Fsp3) is 0.286. The number of hydrogen-bond donors (Lipinski definition) is 1. The number of sulfonamides is 1. The summed E-state index contributed by atoms with van der Waals surface area (Å²) in [6.45, 7) is 5.57. The highest BCUT2D eigenvalue weighted by molar-refractivity contribution is 7.92. The summed E-state index contributed by atoms with van der Waals surface area (Å²) in [6.07, 6.45) is 1.07. The summed E-state index contributed by atoms with van der Waals surface area (Å²) in [5.74, 6) is 0.148. The van der Waals surface area contributed by atoms with Gasteiger partial charge in [0.05, 0.1) is 10.5 Å². The van der Waals surface area contributed by atoms with Gasteiger partial charge >= 0.3 is 0 Å². The van der Waals surface area contributed by atoms with Crippen LogP contribution < -0.4 is 4.72 Å². The first-order valence-corrected chi connectivity index (χ1v) is 10.4. The third kappa shape index (κ3) is 3.20. The summed E-state index contributed by atoms with van der Waals surface area (Å²) in [5, 5.41) is 0.603. The molecule has 146 valence electrons.